The third-order valence-electron chi connectivity index (χ3n) is 10.6. The Balaban J connectivity index is 1.93. The highest BCUT2D eigenvalue weighted by Gasteiger charge is 2.42. The average Bonchev–Trinajstić information content (AvgIpc) is 3.07. The van der Waals surface area contributed by atoms with Crippen LogP contribution in [0.2, 0.25) is 36.3 Å². The number of aliphatic hydroxyl groups excluding tert-OH is 1. The molecular formula is C41H60O9Si2. The summed E-state index contributed by atoms with van der Waals surface area (Å²) in [6.45, 7) is 22.4. The molecule has 2 unspecified atom stereocenters. The van der Waals surface area contributed by atoms with Crippen molar-refractivity contribution in [2.75, 3.05) is 41.7 Å². The van der Waals surface area contributed by atoms with Crippen molar-refractivity contribution in [2.45, 2.75) is 96.2 Å². The number of methoxy groups -OCH3 is 3. The van der Waals surface area contributed by atoms with E-state index in [1.807, 2.05) is 42.5 Å². The fraction of sp³-hybridized carbons (Fsp3) is 0.512. The van der Waals surface area contributed by atoms with Gasteiger partial charge in [-0.15, -0.1) is 0 Å². The van der Waals surface area contributed by atoms with Crippen LogP contribution in [0.5, 0.6) is 23.0 Å². The predicted octanol–water partition coefficient (Wildman–Crippen LogP) is 9.80. The van der Waals surface area contributed by atoms with Gasteiger partial charge in [0.2, 0.25) is 16.6 Å². The van der Waals surface area contributed by atoms with Crippen LogP contribution in [0.4, 0.5) is 0 Å². The van der Waals surface area contributed by atoms with E-state index < -0.39 is 22.7 Å². The fourth-order valence-electron chi connectivity index (χ4n) is 5.50. The summed E-state index contributed by atoms with van der Waals surface area (Å²) in [4.78, 5) is 0. The number of benzene rings is 3. The highest BCUT2D eigenvalue weighted by Crippen LogP contribution is 2.50. The monoisotopic (exact) mass is 752 g/mol. The first-order valence-corrected chi connectivity index (χ1v) is 23.7. The van der Waals surface area contributed by atoms with Crippen molar-refractivity contribution in [2.24, 2.45) is 0 Å². The summed E-state index contributed by atoms with van der Waals surface area (Å²) in [7, 11) is 0.334. The van der Waals surface area contributed by atoms with Gasteiger partial charge in [-0.2, -0.15) is 0 Å². The summed E-state index contributed by atoms with van der Waals surface area (Å²) in [6.07, 6.45) is 1.69. The number of aliphatic hydroxyl groups is 1. The van der Waals surface area contributed by atoms with Crippen LogP contribution in [0.15, 0.2) is 60.7 Å². The molecule has 1 N–H and O–H groups in total. The molecule has 0 spiro atoms. The van der Waals surface area contributed by atoms with Crippen LogP contribution in [0.25, 0.3) is 5.76 Å². The molecule has 11 heteroatoms. The molecule has 0 fully saturated rings. The molecule has 4 rings (SSSR count). The normalized spacial score (nSPS) is 15.7. The second-order valence-electron chi connectivity index (χ2n) is 16.4. The second-order valence-corrected chi connectivity index (χ2v) is 25.8. The Morgan fingerprint density at radius 3 is 1.71 bits per heavy atom. The van der Waals surface area contributed by atoms with E-state index in [1.165, 1.54) is 0 Å². The van der Waals surface area contributed by atoms with Gasteiger partial charge in [0.1, 0.15) is 34.9 Å². The lowest BCUT2D eigenvalue weighted by molar-refractivity contribution is 0.0440. The van der Waals surface area contributed by atoms with E-state index in [0.717, 1.165) is 22.4 Å². The number of hydrogen-bond donors (Lipinski definition) is 1. The molecule has 1 aliphatic rings. The predicted molar refractivity (Wildman–Crippen MR) is 211 cm³/mol. The Labute approximate surface area is 313 Å². The summed E-state index contributed by atoms with van der Waals surface area (Å²) >= 11 is 0. The van der Waals surface area contributed by atoms with Crippen molar-refractivity contribution >= 4 is 22.4 Å². The summed E-state index contributed by atoms with van der Waals surface area (Å²) in [5.41, 5.74) is 4.06. The van der Waals surface area contributed by atoms with Crippen LogP contribution in [0.1, 0.15) is 81.4 Å². The summed E-state index contributed by atoms with van der Waals surface area (Å²) in [5.74, 6) is 3.12. The van der Waals surface area contributed by atoms with E-state index in [0.29, 0.717) is 40.6 Å². The minimum atomic E-state index is -2.37. The van der Waals surface area contributed by atoms with Gasteiger partial charge < -0.3 is 42.4 Å². The Hall–Kier alpha value is -3.33. The van der Waals surface area contributed by atoms with Crippen molar-refractivity contribution in [1.29, 1.82) is 0 Å². The molecule has 0 amide bonds. The maximum Gasteiger partial charge on any atom is 0.250 e. The van der Waals surface area contributed by atoms with Gasteiger partial charge in [-0.05, 0) is 89.7 Å². The molecule has 52 heavy (non-hydrogen) atoms. The van der Waals surface area contributed by atoms with Gasteiger partial charge in [-0.1, -0.05) is 65.8 Å². The quantitative estimate of drug-likeness (QED) is 0.113. The number of ether oxygens (including phenoxy) is 6. The minimum Gasteiger partial charge on any atom is -0.544 e. The molecule has 0 heterocycles. The Morgan fingerprint density at radius 2 is 1.17 bits per heavy atom. The Kier molecular flexibility index (Phi) is 13.4. The molecule has 0 saturated heterocycles. The van der Waals surface area contributed by atoms with Gasteiger partial charge >= 0.3 is 0 Å². The molecular weight excluding hydrogens is 693 g/mol. The maximum atomic E-state index is 12.4. The molecule has 1 aliphatic carbocycles. The zero-order valence-electron chi connectivity index (χ0n) is 33.5. The van der Waals surface area contributed by atoms with E-state index >= 15 is 0 Å². The first-order valence-electron chi connectivity index (χ1n) is 17.9. The van der Waals surface area contributed by atoms with Crippen molar-refractivity contribution in [1.82, 2.24) is 0 Å². The zero-order valence-corrected chi connectivity index (χ0v) is 35.5. The topological polar surface area (TPSA) is 94.1 Å². The van der Waals surface area contributed by atoms with Crippen molar-refractivity contribution < 1.29 is 42.4 Å². The molecule has 9 nitrogen and oxygen atoms in total. The SMILES string of the molecule is COCOc1ccc(C2C=C(O[Si](C)(C)C(C)(C)C)c3c(OCOC)cc(OCOC)c(C(O)c4ccc(O[Si](C)(C)C(C)(C)C)cc4)c3C2)cc1. The van der Waals surface area contributed by atoms with E-state index in [-0.39, 0.29) is 36.4 Å². The van der Waals surface area contributed by atoms with E-state index in [1.54, 1.807) is 21.3 Å². The highest BCUT2D eigenvalue weighted by molar-refractivity contribution is 6.75. The molecule has 2 atom stereocenters. The van der Waals surface area contributed by atoms with Crippen LogP contribution < -0.4 is 18.6 Å². The van der Waals surface area contributed by atoms with Gasteiger partial charge in [-0.25, -0.2) is 0 Å². The van der Waals surface area contributed by atoms with Crippen LogP contribution >= 0.6 is 0 Å². The fourth-order valence-corrected chi connectivity index (χ4v) is 7.56. The van der Waals surface area contributed by atoms with Gasteiger partial charge in [0, 0.05) is 38.9 Å². The molecule has 3 aromatic rings. The van der Waals surface area contributed by atoms with E-state index in [9.17, 15) is 5.11 Å². The third kappa shape index (κ3) is 9.61. The van der Waals surface area contributed by atoms with Gasteiger partial charge in [0.15, 0.2) is 20.4 Å². The second kappa shape index (κ2) is 16.8. The number of allylic oxidation sites excluding steroid dienone is 1. The van der Waals surface area contributed by atoms with Gasteiger partial charge in [-0.3, -0.25) is 0 Å². The molecule has 286 valence electrons. The minimum absolute atomic E-state index is 0.0168. The molecule has 3 aromatic carbocycles. The lowest BCUT2D eigenvalue weighted by Gasteiger charge is -2.40. The van der Waals surface area contributed by atoms with Gasteiger partial charge in [0.05, 0.1) is 5.56 Å². The third-order valence-corrected chi connectivity index (χ3v) is 19.3. The zero-order chi connectivity index (χ0) is 38.5. The van der Waals surface area contributed by atoms with Crippen molar-refractivity contribution in [3.63, 3.8) is 0 Å². The molecule has 0 aromatic heterocycles. The van der Waals surface area contributed by atoms with E-state index in [4.69, 9.17) is 37.3 Å². The van der Waals surface area contributed by atoms with Gasteiger partial charge in [0.25, 0.3) is 0 Å². The van der Waals surface area contributed by atoms with Crippen LogP contribution in [-0.4, -0.2) is 63.4 Å². The standard InChI is InChI=1S/C41H60O9Si2/c1-40(2,3)51(10,11)49-32-20-16-29(17-21-32)39(42)38-33-22-30(28-14-18-31(19-15-28)46-25-43-7)23-36(50-52(12,13)41(4,5)6)37(33)34(47-26-44-8)24-35(38)48-27-45-9/h14-21,23-24,30,39,42H,22,25-27H2,1-13H3. The maximum absolute atomic E-state index is 12.4. The van der Waals surface area contributed by atoms with E-state index in [2.05, 4.69) is 85.9 Å². The Morgan fingerprint density at radius 1 is 0.673 bits per heavy atom. The average molecular weight is 753 g/mol. The first-order chi connectivity index (χ1) is 24.3. The lowest BCUT2D eigenvalue weighted by Crippen LogP contribution is -2.43. The highest BCUT2D eigenvalue weighted by atomic mass is 28.4. The summed E-state index contributed by atoms with van der Waals surface area (Å²) in [6, 6.07) is 17.6. The molecule has 0 aliphatic heterocycles. The number of rotatable bonds is 16. The smallest absolute Gasteiger partial charge is 0.250 e. The Bertz CT molecular complexity index is 1650. The van der Waals surface area contributed by atoms with Crippen LogP contribution in [-0.2, 0) is 25.1 Å². The molecule has 0 bridgehead atoms. The summed E-state index contributed by atoms with van der Waals surface area (Å²) in [5, 5.41) is 12.3. The summed E-state index contributed by atoms with van der Waals surface area (Å²) < 4.78 is 47.7. The molecule has 0 saturated carbocycles. The van der Waals surface area contributed by atoms with Crippen LogP contribution in [0.3, 0.4) is 0 Å². The number of hydrogen-bond acceptors (Lipinski definition) is 9. The molecule has 0 radical (unpaired) electrons. The lowest BCUT2D eigenvalue weighted by atomic mass is 9.79. The van der Waals surface area contributed by atoms with Crippen LogP contribution in [0, 0.1) is 0 Å². The largest absolute Gasteiger partial charge is 0.544 e. The van der Waals surface area contributed by atoms with Crippen molar-refractivity contribution in [3.05, 3.63) is 88.5 Å². The first kappa shape index (κ1) is 41.4. The van der Waals surface area contributed by atoms with Crippen molar-refractivity contribution in [3.8, 4) is 23.0 Å². The number of fused-ring (bicyclic) bond motifs is 1.